The topological polar surface area (TPSA) is 46.2 Å². The van der Waals surface area contributed by atoms with Crippen LogP contribution in [0.1, 0.15) is 0 Å². The predicted octanol–water partition coefficient (Wildman–Crippen LogP) is 2.06. The van der Waals surface area contributed by atoms with Crippen molar-refractivity contribution in [3.63, 3.8) is 0 Å². The molecule has 0 spiro atoms. The number of hydrogen-bond acceptors (Lipinski definition) is 2. The average Bonchev–Trinajstić information content (AvgIpc) is 2.12. The number of halogens is 3. The van der Waals surface area contributed by atoms with Gasteiger partial charge in [-0.3, -0.25) is 4.72 Å². The van der Waals surface area contributed by atoms with Crippen molar-refractivity contribution in [3.8, 4) is 0 Å². The lowest BCUT2D eigenvalue weighted by Gasteiger charge is -2.06. The van der Waals surface area contributed by atoms with Crippen LogP contribution in [0.4, 0.5) is 14.5 Å². The van der Waals surface area contributed by atoms with Gasteiger partial charge in [-0.2, -0.15) is 0 Å². The molecule has 3 nitrogen and oxygen atoms in total. The Hall–Kier alpha value is -0.690. The summed E-state index contributed by atoms with van der Waals surface area (Å²) in [5, 5.41) is 0. The van der Waals surface area contributed by atoms with Crippen LogP contribution >= 0.6 is 15.9 Å². The third-order valence-electron chi connectivity index (χ3n) is 1.36. The number of benzene rings is 1. The van der Waals surface area contributed by atoms with Crippen molar-refractivity contribution in [1.82, 2.24) is 0 Å². The van der Waals surface area contributed by atoms with Crippen molar-refractivity contribution in [2.24, 2.45) is 0 Å². The fraction of sp³-hybridized carbons (Fsp3) is 0.143. The van der Waals surface area contributed by atoms with E-state index < -0.39 is 32.0 Å². The largest absolute Gasteiger partial charge is 0.277 e. The molecule has 14 heavy (non-hydrogen) atoms. The van der Waals surface area contributed by atoms with E-state index in [0.717, 1.165) is 18.2 Å². The van der Waals surface area contributed by atoms with Crippen molar-refractivity contribution < 1.29 is 17.2 Å². The van der Waals surface area contributed by atoms with E-state index in [4.69, 9.17) is 0 Å². The van der Waals surface area contributed by atoms with Gasteiger partial charge in [-0.1, -0.05) is 22.0 Å². The first kappa shape index (κ1) is 11.4. The molecule has 7 heteroatoms. The smallest absolute Gasteiger partial charge is 0.242 e. The highest BCUT2D eigenvalue weighted by Crippen LogP contribution is 2.19. The van der Waals surface area contributed by atoms with Gasteiger partial charge in [0.2, 0.25) is 10.0 Å². The summed E-state index contributed by atoms with van der Waals surface area (Å²) in [4.78, 5) is 0. The number of para-hydroxylation sites is 1. The zero-order valence-electron chi connectivity index (χ0n) is 6.80. The minimum absolute atomic E-state index is 0.423. The van der Waals surface area contributed by atoms with Crippen LogP contribution in [0.2, 0.25) is 0 Å². The molecule has 0 fully saturated rings. The van der Waals surface area contributed by atoms with Gasteiger partial charge in [0, 0.05) is 0 Å². The van der Waals surface area contributed by atoms with Crippen LogP contribution in [-0.2, 0) is 10.0 Å². The maximum absolute atomic E-state index is 12.9. The number of hydrogen-bond donors (Lipinski definition) is 1. The van der Waals surface area contributed by atoms with Crippen molar-refractivity contribution in [1.29, 1.82) is 0 Å². The Morgan fingerprint density at radius 1 is 1.29 bits per heavy atom. The summed E-state index contributed by atoms with van der Waals surface area (Å²) >= 11 is 2.68. The van der Waals surface area contributed by atoms with E-state index in [1.54, 1.807) is 4.72 Å². The Kier molecular flexibility index (Phi) is 3.43. The van der Waals surface area contributed by atoms with E-state index in [0.29, 0.717) is 0 Å². The number of alkyl halides is 1. The number of sulfonamides is 1. The van der Waals surface area contributed by atoms with Gasteiger partial charge in [0.1, 0.15) is 22.0 Å². The zero-order chi connectivity index (χ0) is 10.8. The molecule has 0 aromatic heterocycles. The van der Waals surface area contributed by atoms with Gasteiger partial charge in [-0.25, -0.2) is 17.2 Å². The molecule has 0 bridgehead atoms. The maximum Gasteiger partial charge on any atom is 0.242 e. The van der Waals surface area contributed by atoms with Crippen LogP contribution in [-0.4, -0.2) is 13.1 Å². The van der Waals surface area contributed by atoms with Crippen LogP contribution in [0.15, 0.2) is 18.2 Å². The van der Waals surface area contributed by atoms with Crippen LogP contribution < -0.4 is 4.72 Å². The van der Waals surface area contributed by atoms with Gasteiger partial charge in [0.05, 0.1) is 0 Å². The first-order chi connectivity index (χ1) is 6.46. The SMILES string of the molecule is O=S(=O)(CBr)Nc1c(F)cccc1F. The molecule has 0 atom stereocenters. The highest BCUT2D eigenvalue weighted by Gasteiger charge is 2.14. The normalized spacial score (nSPS) is 11.4. The number of nitrogens with one attached hydrogen (secondary N) is 1. The van der Waals surface area contributed by atoms with Crippen molar-refractivity contribution in [3.05, 3.63) is 29.8 Å². The molecule has 0 amide bonds. The second-order valence-electron chi connectivity index (χ2n) is 2.42. The molecule has 0 aliphatic heterocycles. The standard InChI is InChI=1S/C7H6BrF2NO2S/c8-4-14(12,13)11-7-5(9)2-1-3-6(7)10/h1-3,11H,4H2. The summed E-state index contributed by atoms with van der Waals surface area (Å²) in [6.45, 7) is 0. The van der Waals surface area contributed by atoms with E-state index >= 15 is 0 Å². The maximum atomic E-state index is 12.9. The average molecular weight is 286 g/mol. The highest BCUT2D eigenvalue weighted by molar-refractivity contribution is 9.10. The number of rotatable bonds is 3. The molecule has 1 N–H and O–H groups in total. The molecule has 1 aromatic carbocycles. The van der Waals surface area contributed by atoms with Crippen molar-refractivity contribution >= 4 is 31.6 Å². The van der Waals surface area contributed by atoms with Gasteiger partial charge >= 0.3 is 0 Å². The van der Waals surface area contributed by atoms with Crippen molar-refractivity contribution in [2.75, 3.05) is 9.38 Å². The van der Waals surface area contributed by atoms with Crippen LogP contribution in [0, 0.1) is 11.6 Å². The monoisotopic (exact) mass is 285 g/mol. The summed E-state index contributed by atoms with van der Waals surface area (Å²) in [5.41, 5.74) is -0.660. The van der Waals surface area contributed by atoms with E-state index in [1.807, 2.05) is 0 Å². The molecule has 0 aliphatic carbocycles. The van der Waals surface area contributed by atoms with Gasteiger partial charge < -0.3 is 0 Å². The molecule has 0 aliphatic rings. The minimum Gasteiger partial charge on any atom is -0.277 e. The lowest BCUT2D eigenvalue weighted by atomic mass is 10.3. The third kappa shape index (κ3) is 2.65. The molecular formula is C7H6BrF2NO2S. The van der Waals surface area contributed by atoms with Crippen molar-refractivity contribution in [2.45, 2.75) is 0 Å². The summed E-state index contributed by atoms with van der Waals surface area (Å²) in [5.74, 6) is -1.90. The fourth-order valence-electron chi connectivity index (χ4n) is 0.778. The molecule has 1 aromatic rings. The summed E-state index contributed by atoms with van der Waals surface area (Å²) in [7, 11) is -3.73. The highest BCUT2D eigenvalue weighted by atomic mass is 79.9. The quantitative estimate of drug-likeness (QED) is 0.864. The van der Waals surface area contributed by atoms with E-state index in [9.17, 15) is 17.2 Å². The second-order valence-corrected chi connectivity index (χ2v) is 5.45. The summed E-state index contributed by atoms with van der Waals surface area (Å²) < 4.78 is 49.2. The lowest BCUT2D eigenvalue weighted by molar-refractivity contribution is 0.584. The minimum atomic E-state index is -3.73. The molecule has 0 heterocycles. The first-order valence-electron chi connectivity index (χ1n) is 3.47. The van der Waals surface area contributed by atoms with Crippen LogP contribution in [0.3, 0.4) is 0 Å². The molecule has 0 radical (unpaired) electrons. The fourth-order valence-corrected chi connectivity index (χ4v) is 1.68. The van der Waals surface area contributed by atoms with Crippen LogP contribution in [0.5, 0.6) is 0 Å². The Bertz CT molecular complexity index is 415. The molecule has 0 saturated heterocycles. The Balaban J connectivity index is 3.09. The second kappa shape index (κ2) is 4.22. The Morgan fingerprint density at radius 3 is 2.21 bits per heavy atom. The predicted molar refractivity (Wildman–Crippen MR) is 52.7 cm³/mol. The van der Waals surface area contributed by atoms with Crippen LogP contribution in [0.25, 0.3) is 0 Å². The van der Waals surface area contributed by atoms with Gasteiger partial charge in [0.25, 0.3) is 0 Å². The van der Waals surface area contributed by atoms with Gasteiger partial charge in [0.15, 0.2) is 0 Å². The summed E-state index contributed by atoms with van der Waals surface area (Å²) in [6, 6.07) is 3.08. The molecule has 78 valence electrons. The Labute approximate surface area is 88.3 Å². The van der Waals surface area contributed by atoms with Gasteiger partial charge in [-0.15, -0.1) is 0 Å². The Morgan fingerprint density at radius 2 is 1.79 bits per heavy atom. The van der Waals surface area contributed by atoms with Gasteiger partial charge in [-0.05, 0) is 12.1 Å². The zero-order valence-corrected chi connectivity index (χ0v) is 9.20. The number of anilines is 1. The van der Waals surface area contributed by atoms with E-state index in [1.165, 1.54) is 0 Å². The third-order valence-corrected chi connectivity index (χ3v) is 3.97. The van der Waals surface area contributed by atoms with E-state index in [-0.39, 0.29) is 0 Å². The first-order valence-corrected chi connectivity index (χ1v) is 6.24. The summed E-state index contributed by atoms with van der Waals surface area (Å²) in [6.07, 6.45) is 0. The van der Waals surface area contributed by atoms with E-state index in [2.05, 4.69) is 15.9 Å². The lowest BCUT2D eigenvalue weighted by Crippen LogP contribution is -2.15. The molecule has 0 saturated carbocycles. The molecule has 1 rings (SSSR count). The molecule has 0 unspecified atom stereocenters. The molecular weight excluding hydrogens is 280 g/mol.